The maximum atomic E-state index is 13.9. The zero-order valence-corrected chi connectivity index (χ0v) is 23.6. The van der Waals surface area contributed by atoms with Gasteiger partial charge >= 0.3 is 0 Å². The molecule has 1 aliphatic heterocycles. The Kier molecular flexibility index (Phi) is 9.07. The summed E-state index contributed by atoms with van der Waals surface area (Å²) in [4.78, 5) is 15.7. The number of ether oxygens (including phenoxy) is 2. The van der Waals surface area contributed by atoms with Crippen LogP contribution in [-0.4, -0.2) is 74.6 Å². The lowest BCUT2D eigenvalue weighted by atomic mass is 9.94. The largest absolute Gasteiger partial charge is 0.497 e. The van der Waals surface area contributed by atoms with Gasteiger partial charge in [-0.3, -0.25) is 4.79 Å². The first-order valence-corrected chi connectivity index (χ1v) is 14.4. The summed E-state index contributed by atoms with van der Waals surface area (Å²) >= 11 is 0. The molecule has 1 amide bonds. The van der Waals surface area contributed by atoms with E-state index in [1.807, 2.05) is 55.5 Å². The molecule has 0 aromatic heterocycles. The molecule has 8 nitrogen and oxygen atoms in total. The van der Waals surface area contributed by atoms with Crippen LogP contribution in [0.1, 0.15) is 29.8 Å². The summed E-state index contributed by atoms with van der Waals surface area (Å²) in [5.41, 5.74) is 3.13. The molecule has 9 heteroatoms. The van der Waals surface area contributed by atoms with E-state index in [-0.39, 0.29) is 43.0 Å². The SMILES string of the molecule is COc1ccc(S(=O)(=O)N(C)C[C@H]2OCc3ccccc3-c3ccccc3C(=O)N([C@@H](C)CO)C[C@H]2C)cc1. The summed E-state index contributed by atoms with van der Waals surface area (Å²) in [5.74, 6) is 0.141. The molecule has 3 aromatic carbocycles. The number of carbonyl (C=O) groups is 1. The third-order valence-electron chi connectivity index (χ3n) is 7.30. The second kappa shape index (κ2) is 12.3. The molecule has 39 heavy (non-hydrogen) atoms. The van der Waals surface area contributed by atoms with Gasteiger partial charge in [0.1, 0.15) is 5.75 Å². The first-order chi connectivity index (χ1) is 18.7. The summed E-state index contributed by atoms with van der Waals surface area (Å²) in [5, 5.41) is 10.0. The third kappa shape index (κ3) is 6.17. The first-order valence-electron chi connectivity index (χ1n) is 13.0. The number of hydrogen-bond acceptors (Lipinski definition) is 6. The van der Waals surface area contributed by atoms with Crippen molar-refractivity contribution in [1.82, 2.24) is 9.21 Å². The molecule has 1 aliphatic rings. The van der Waals surface area contributed by atoms with Crippen molar-refractivity contribution >= 4 is 15.9 Å². The fourth-order valence-corrected chi connectivity index (χ4v) is 6.01. The Morgan fingerprint density at radius 3 is 2.28 bits per heavy atom. The number of aliphatic hydroxyl groups excluding tert-OH is 1. The summed E-state index contributed by atoms with van der Waals surface area (Å²) in [6.45, 7) is 4.16. The summed E-state index contributed by atoms with van der Waals surface area (Å²) in [7, 11) is -0.746. The van der Waals surface area contributed by atoms with E-state index in [2.05, 4.69) is 0 Å². The molecular formula is C30H36N2O6S. The highest BCUT2D eigenvalue weighted by Crippen LogP contribution is 2.31. The summed E-state index contributed by atoms with van der Waals surface area (Å²) < 4.78 is 39.7. The van der Waals surface area contributed by atoms with Crippen LogP contribution < -0.4 is 4.74 Å². The second-order valence-corrected chi connectivity index (χ2v) is 12.0. The van der Waals surface area contributed by atoms with Gasteiger partial charge in [-0.05, 0) is 53.9 Å². The van der Waals surface area contributed by atoms with E-state index in [1.165, 1.54) is 30.6 Å². The van der Waals surface area contributed by atoms with Crippen molar-refractivity contribution < 1.29 is 27.8 Å². The molecule has 1 heterocycles. The lowest BCUT2D eigenvalue weighted by Crippen LogP contribution is -2.47. The van der Waals surface area contributed by atoms with Crippen LogP contribution in [0.3, 0.4) is 0 Å². The van der Waals surface area contributed by atoms with Crippen LogP contribution in [0.4, 0.5) is 0 Å². The molecule has 208 valence electrons. The van der Waals surface area contributed by atoms with Gasteiger partial charge in [-0.25, -0.2) is 8.42 Å². The lowest BCUT2D eigenvalue weighted by molar-refractivity contribution is -0.0146. The number of benzene rings is 3. The normalized spacial score (nSPS) is 19.1. The predicted octanol–water partition coefficient (Wildman–Crippen LogP) is 4.04. The lowest BCUT2D eigenvalue weighted by Gasteiger charge is -2.35. The topological polar surface area (TPSA) is 96.4 Å². The minimum Gasteiger partial charge on any atom is -0.497 e. The van der Waals surface area contributed by atoms with E-state index in [0.717, 1.165) is 16.7 Å². The van der Waals surface area contributed by atoms with E-state index in [1.54, 1.807) is 24.0 Å². The van der Waals surface area contributed by atoms with Gasteiger partial charge in [0.15, 0.2) is 0 Å². The van der Waals surface area contributed by atoms with Crippen LogP contribution in [0.2, 0.25) is 0 Å². The molecule has 0 fully saturated rings. The Balaban J connectivity index is 1.71. The Bertz CT molecular complexity index is 1390. The maximum absolute atomic E-state index is 13.9. The molecule has 4 rings (SSSR count). The fraction of sp³-hybridized carbons (Fsp3) is 0.367. The zero-order chi connectivity index (χ0) is 28.2. The van der Waals surface area contributed by atoms with Crippen LogP contribution in [-0.2, 0) is 21.4 Å². The average molecular weight is 553 g/mol. The van der Waals surface area contributed by atoms with Gasteiger partial charge in [0.2, 0.25) is 10.0 Å². The van der Waals surface area contributed by atoms with Crippen molar-refractivity contribution in [2.75, 3.05) is 33.9 Å². The highest BCUT2D eigenvalue weighted by Gasteiger charge is 2.32. The molecule has 0 unspecified atom stereocenters. The van der Waals surface area contributed by atoms with Crippen molar-refractivity contribution in [2.45, 2.75) is 37.5 Å². The van der Waals surface area contributed by atoms with Crippen molar-refractivity contribution in [3.05, 3.63) is 83.9 Å². The highest BCUT2D eigenvalue weighted by atomic mass is 32.2. The number of carbonyl (C=O) groups excluding carboxylic acids is 1. The van der Waals surface area contributed by atoms with E-state index in [4.69, 9.17) is 9.47 Å². The van der Waals surface area contributed by atoms with Crippen LogP contribution in [0.15, 0.2) is 77.7 Å². The number of sulfonamides is 1. The Hall–Kier alpha value is -3.24. The van der Waals surface area contributed by atoms with E-state index in [0.29, 0.717) is 11.3 Å². The van der Waals surface area contributed by atoms with E-state index in [9.17, 15) is 18.3 Å². The molecule has 0 aliphatic carbocycles. The predicted molar refractivity (Wildman–Crippen MR) is 150 cm³/mol. The van der Waals surface area contributed by atoms with Crippen molar-refractivity contribution in [2.24, 2.45) is 5.92 Å². The van der Waals surface area contributed by atoms with Crippen LogP contribution in [0.25, 0.3) is 11.1 Å². The number of fused-ring (bicyclic) bond motifs is 3. The molecule has 0 saturated heterocycles. The van der Waals surface area contributed by atoms with Gasteiger partial charge in [0, 0.05) is 31.6 Å². The summed E-state index contributed by atoms with van der Waals surface area (Å²) in [6.07, 6.45) is -0.529. The number of nitrogens with zero attached hydrogens (tertiary/aromatic N) is 2. The van der Waals surface area contributed by atoms with Gasteiger partial charge in [-0.2, -0.15) is 4.31 Å². The molecule has 1 N–H and O–H groups in total. The Labute approximate surface area is 230 Å². The minimum atomic E-state index is -3.80. The molecule has 3 aromatic rings. The smallest absolute Gasteiger partial charge is 0.254 e. The van der Waals surface area contributed by atoms with Crippen molar-refractivity contribution in [3.63, 3.8) is 0 Å². The number of amides is 1. The standard InChI is InChI=1S/C30H36N2O6S/c1-21-17-32(22(2)19-33)30(34)28-12-8-7-11-27(28)26-10-6-5-9-23(26)20-38-29(21)18-31(3)39(35,36)25-15-13-24(37-4)14-16-25/h5-16,21-22,29,33H,17-20H2,1-4H3/t21-,22+,29-/m1/s1. The van der Waals surface area contributed by atoms with Gasteiger partial charge in [-0.15, -0.1) is 0 Å². The molecule has 0 radical (unpaired) electrons. The zero-order valence-electron chi connectivity index (χ0n) is 22.8. The molecule has 0 saturated carbocycles. The Morgan fingerprint density at radius 2 is 1.64 bits per heavy atom. The second-order valence-electron chi connectivity index (χ2n) is 9.98. The molecular weight excluding hydrogens is 516 g/mol. The van der Waals surface area contributed by atoms with Gasteiger partial charge < -0.3 is 19.5 Å². The van der Waals surface area contributed by atoms with Crippen LogP contribution in [0.5, 0.6) is 5.75 Å². The average Bonchev–Trinajstić information content (AvgIpc) is 2.98. The van der Waals surface area contributed by atoms with Crippen LogP contribution in [0, 0.1) is 5.92 Å². The van der Waals surface area contributed by atoms with Gasteiger partial charge in [-0.1, -0.05) is 49.4 Å². The van der Waals surface area contributed by atoms with Crippen LogP contribution >= 0.6 is 0 Å². The number of hydrogen-bond donors (Lipinski definition) is 1. The van der Waals surface area contributed by atoms with Gasteiger partial charge in [0.05, 0.1) is 37.4 Å². The highest BCUT2D eigenvalue weighted by molar-refractivity contribution is 7.89. The molecule has 3 atom stereocenters. The minimum absolute atomic E-state index is 0.0835. The summed E-state index contributed by atoms with van der Waals surface area (Å²) in [6, 6.07) is 21.0. The van der Waals surface area contributed by atoms with E-state index < -0.39 is 22.2 Å². The number of methoxy groups -OCH3 is 1. The fourth-order valence-electron chi connectivity index (χ4n) is 4.83. The van der Waals surface area contributed by atoms with Crippen molar-refractivity contribution in [3.8, 4) is 16.9 Å². The molecule has 0 spiro atoms. The monoisotopic (exact) mass is 552 g/mol. The number of rotatable bonds is 7. The number of aliphatic hydroxyl groups is 1. The van der Waals surface area contributed by atoms with Gasteiger partial charge in [0.25, 0.3) is 5.91 Å². The third-order valence-corrected chi connectivity index (χ3v) is 9.14. The molecule has 0 bridgehead atoms. The van der Waals surface area contributed by atoms with Crippen molar-refractivity contribution in [1.29, 1.82) is 0 Å². The Morgan fingerprint density at radius 1 is 1.03 bits per heavy atom. The first kappa shape index (κ1) is 28.8. The quantitative estimate of drug-likeness (QED) is 0.475. The van der Waals surface area contributed by atoms with E-state index >= 15 is 0 Å². The number of likely N-dealkylation sites (N-methyl/N-ethyl adjacent to an activating group) is 1. The maximum Gasteiger partial charge on any atom is 0.254 e.